The average Bonchev–Trinajstić information content (AvgIpc) is 2.93. The molecule has 0 saturated carbocycles. The molecular weight excluding hydrogens is 262 g/mol. The van der Waals surface area contributed by atoms with E-state index in [1.165, 1.54) is 12.1 Å². The number of carbonyl (C=O) groups is 4. The fraction of sp³-hybridized carbons (Fsp3) is 0.308. The summed E-state index contributed by atoms with van der Waals surface area (Å²) in [5, 5.41) is 0. The summed E-state index contributed by atoms with van der Waals surface area (Å²) in [4.78, 5) is 52.8. The van der Waals surface area contributed by atoms with Gasteiger partial charge in [0.1, 0.15) is 11.6 Å². The molecule has 4 amide bonds. The second-order valence-electron chi connectivity index (χ2n) is 4.60. The molecule has 0 unspecified atom stereocenters. The minimum Gasteiger partial charge on any atom is -0.274 e. The van der Waals surface area contributed by atoms with Crippen LogP contribution in [0.3, 0.4) is 0 Å². The van der Waals surface area contributed by atoms with E-state index in [9.17, 15) is 19.2 Å². The number of pyridine rings is 1. The van der Waals surface area contributed by atoms with Crippen LogP contribution in [-0.2, 0) is 19.2 Å². The minimum atomic E-state index is -0.321. The molecule has 2 saturated heterocycles. The van der Waals surface area contributed by atoms with E-state index >= 15 is 0 Å². The molecule has 7 heteroatoms. The quantitative estimate of drug-likeness (QED) is 0.727. The summed E-state index contributed by atoms with van der Waals surface area (Å²) in [5.74, 6) is -0.972. The topological polar surface area (TPSA) is 87.7 Å². The Bertz CT molecular complexity index is 557. The number of carbonyl (C=O) groups excluding carboxylic acids is 4. The lowest BCUT2D eigenvalue weighted by molar-refractivity contribution is -0.122. The monoisotopic (exact) mass is 273 g/mol. The van der Waals surface area contributed by atoms with Gasteiger partial charge in [0.15, 0.2) is 0 Å². The maximum absolute atomic E-state index is 11.7. The molecule has 7 nitrogen and oxygen atoms in total. The standard InChI is InChI=1S/C13H11N3O4/c17-10-4-5-11(18)15(10)8-2-1-3-9(14-8)16-12(19)6-7-13(16)20/h1-3H,4-7H2. The Balaban J connectivity index is 1.98. The van der Waals surface area contributed by atoms with Crippen LogP contribution in [0.15, 0.2) is 18.2 Å². The van der Waals surface area contributed by atoms with Gasteiger partial charge in [-0.1, -0.05) is 6.07 Å². The highest BCUT2D eigenvalue weighted by atomic mass is 16.2. The summed E-state index contributed by atoms with van der Waals surface area (Å²) in [7, 11) is 0. The Hall–Kier alpha value is -2.57. The molecule has 3 heterocycles. The maximum atomic E-state index is 11.7. The molecule has 3 rings (SSSR count). The van der Waals surface area contributed by atoms with Crippen molar-refractivity contribution in [2.45, 2.75) is 25.7 Å². The zero-order chi connectivity index (χ0) is 14.3. The molecule has 0 bridgehead atoms. The van der Waals surface area contributed by atoms with Crippen molar-refractivity contribution < 1.29 is 19.2 Å². The first-order valence-electron chi connectivity index (χ1n) is 6.26. The van der Waals surface area contributed by atoms with Crippen molar-refractivity contribution in [3.05, 3.63) is 18.2 Å². The molecule has 2 aliphatic rings. The lowest BCUT2D eigenvalue weighted by Gasteiger charge is -2.17. The van der Waals surface area contributed by atoms with E-state index in [0.29, 0.717) is 0 Å². The number of aromatic nitrogens is 1. The highest BCUT2D eigenvalue weighted by Gasteiger charge is 2.34. The van der Waals surface area contributed by atoms with Gasteiger partial charge in [0.25, 0.3) is 0 Å². The number of hydrogen-bond donors (Lipinski definition) is 0. The smallest absolute Gasteiger partial charge is 0.235 e. The Kier molecular flexibility index (Phi) is 2.81. The van der Waals surface area contributed by atoms with Gasteiger partial charge in [0.05, 0.1) is 0 Å². The number of amides is 4. The van der Waals surface area contributed by atoms with Crippen LogP contribution < -0.4 is 9.80 Å². The van der Waals surface area contributed by atoms with Crippen molar-refractivity contribution in [1.29, 1.82) is 0 Å². The van der Waals surface area contributed by atoms with Crippen LogP contribution in [0.5, 0.6) is 0 Å². The number of nitrogens with zero attached hydrogens (tertiary/aromatic N) is 3. The average molecular weight is 273 g/mol. The minimum absolute atomic E-state index is 0.155. The van der Waals surface area contributed by atoms with E-state index in [1.807, 2.05) is 0 Å². The first-order valence-corrected chi connectivity index (χ1v) is 6.26. The molecule has 20 heavy (non-hydrogen) atoms. The zero-order valence-corrected chi connectivity index (χ0v) is 10.5. The van der Waals surface area contributed by atoms with Gasteiger partial charge >= 0.3 is 0 Å². The van der Waals surface area contributed by atoms with Gasteiger partial charge in [-0.3, -0.25) is 19.2 Å². The summed E-state index contributed by atoms with van der Waals surface area (Å²) in [6, 6.07) is 4.58. The van der Waals surface area contributed by atoms with Crippen molar-refractivity contribution in [3.8, 4) is 0 Å². The molecule has 0 atom stereocenters. The zero-order valence-electron chi connectivity index (χ0n) is 10.5. The third-order valence-corrected chi connectivity index (χ3v) is 3.28. The predicted octanol–water partition coefficient (Wildman–Crippen LogP) is 0.388. The van der Waals surface area contributed by atoms with Crippen LogP contribution >= 0.6 is 0 Å². The summed E-state index contributed by atoms with van der Waals surface area (Å²) >= 11 is 0. The molecule has 0 radical (unpaired) electrons. The van der Waals surface area contributed by atoms with E-state index in [4.69, 9.17) is 0 Å². The molecule has 2 aliphatic heterocycles. The number of imide groups is 2. The van der Waals surface area contributed by atoms with Gasteiger partial charge in [-0.25, -0.2) is 14.8 Å². The first kappa shape index (κ1) is 12.5. The fourth-order valence-corrected chi connectivity index (χ4v) is 2.33. The Labute approximate surface area is 114 Å². The normalized spacial score (nSPS) is 19.4. The Morgan fingerprint density at radius 1 is 0.700 bits per heavy atom. The molecule has 0 aromatic carbocycles. The summed E-state index contributed by atoms with van der Waals surface area (Å²) < 4.78 is 0. The highest BCUT2D eigenvalue weighted by molar-refractivity contribution is 6.21. The van der Waals surface area contributed by atoms with Crippen molar-refractivity contribution in [2.75, 3.05) is 9.80 Å². The van der Waals surface area contributed by atoms with Crippen LogP contribution in [-0.4, -0.2) is 28.6 Å². The van der Waals surface area contributed by atoms with Crippen LogP contribution in [0.2, 0.25) is 0 Å². The first-order chi connectivity index (χ1) is 9.58. The van der Waals surface area contributed by atoms with E-state index in [1.54, 1.807) is 6.07 Å². The summed E-state index contributed by atoms with van der Waals surface area (Å²) in [5.41, 5.74) is 0. The second kappa shape index (κ2) is 4.52. The van der Waals surface area contributed by atoms with Gasteiger partial charge < -0.3 is 0 Å². The second-order valence-corrected chi connectivity index (χ2v) is 4.60. The van der Waals surface area contributed by atoms with Crippen molar-refractivity contribution in [2.24, 2.45) is 0 Å². The van der Waals surface area contributed by atoms with E-state index in [2.05, 4.69) is 4.98 Å². The van der Waals surface area contributed by atoms with Gasteiger partial charge in [-0.05, 0) is 12.1 Å². The largest absolute Gasteiger partial charge is 0.274 e. The Morgan fingerprint density at radius 3 is 1.40 bits per heavy atom. The summed E-state index contributed by atoms with van der Waals surface area (Å²) in [6.45, 7) is 0. The molecule has 1 aromatic heterocycles. The van der Waals surface area contributed by atoms with Crippen molar-refractivity contribution in [1.82, 2.24) is 4.98 Å². The van der Waals surface area contributed by atoms with Gasteiger partial charge in [-0.2, -0.15) is 0 Å². The molecule has 0 spiro atoms. The van der Waals surface area contributed by atoms with Gasteiger partial charge in [0, 0.05) is 25.7 Å². The van der Waals surface area contributed by atoms with Crippen LogP contribution in [0.4, 0.5) is 11.6 Å². The lowest BCUT2D eigenvalue weighted by Crippen LogP contribution is -2.32. The van der Waals surface area contributed by atoms with Crippen LogP contribution in [0.1, 0.15) is 25.7 Å². The summed E-state index contributed by atoms with van der Waals surface area (Å²) in [6.07, 6.45) is 0.636. The SMILES string of the molecule is O=C1CCC(=O)N1c1cccc(N2C(=O)CCC2=O)n1. The molecule has 102 valence electrons. The van der Waals surface area contributed by atoms with Crippen molar-refractivity contribution >= 4 is 35.3 Å². The molecular formula is C13H11N3O4. The predicted molar refractivity (Wildman–Crippen MR) is 67.7 cm³/mol. The molecule has 0 aliphatic carbocycles. The number of rotatable bonds is 2. The van der Waals surface area contributed by atoms with Crippen molar-refractivity contribution in [3.63, 3.8) is 0 Å². The molecule has 1 aromatic rings. The molecule has 2 fully saturated rings. The van der Waals surface area contributed by atoms with E-state index in [-0.39, 0.29) is 60.9 Å². The highest BCUT2D eigenvalue weighted by Crippen LogP contribution is 2.25. The van der Waals surface area contributed by atoms with E-state index < -0.39 is 0 Å². The van der Waals surface area contributed by atoms with Crippen LogP contribution in [0.25, 0.3) is 0 Å². The number of anilines is 2. The van der Waals surface area contributed by atoms with Gasteiger partial charge in [-0.15, -0.1) is 0 Å². The third kappa shape index (κ3) is 1.87. The molecule has 0 N–H and O–H groups in total. The Morgan fingerprint density at radius 2 is 1.05 bits per heavy atom. The van der Waals surface area contributed by atoms with E-state index in [0.717, 1.165) is 9.80 Å². The fourth-order valence-electron chi connectivity index (χ4n) is 2.33. The van der Waals surface area contributed by atoms with Gasteiger partial charge in [0.2, 0.25) is 23.6 Å². The number of hydrogen-bond acceptors (Lipinski definition) is 5. The van der Waals surface area contributed by atoms with Crippen LogP contribution in [0, 0.1) is 0 Å². The lowest BCUT2D eigenvalue weighted by atomic mass is 10.4. The third-order valence-electron chi connectivity index (χ3n) is 3.28. The maximum Gasteiger partial charge on any atom is 0.235 e.